The number of aromatic nitrogens is 2. The lowest BCUT2D eigenvalue weighted by atomic mass is 9.81. The Balaban J connectivity index is 1.78. The van der Waals surface area contributed by atoms with Gasteiger partial charge in [0.15, 0.2) is 11.5 Å². The SMILES string of the molecule is COc1cccc([C@@H]2c3c(C)nn(C)c3NC(=O)[C@H]2NC(=O)c2cc(OC)c(OC)c(OC)c2)c1. The lowest BCUT2D eigenvalue weighted by Crippen LogP contribution is -2.50. The van der Waals surface area contributed by atoms with E-state index in [1.807, 2.05) is 31.2 Å². The summed E-state index contributed by atoms with van der Waals surface area (Å²) in [7, 11) is 7.78. The zero-order valence-electron chi connectivity index (χ0n) is 20.5. The third-order valence-corrected chi connectivity index (χ3v) is 6.10. The number of carbonyl (C=O) groups excluding carboxylic acids is 2. The van der Waals surface area contributed by atoms with Crippen molar-refractivity contribution < 1.29 is 28.5 Å². The van der Waals surface area contributed by atoms with E-state index in [2.05, 4.69) is 15.7 Å². The van der Waals surface area contributed by atoms with Crippen LogP contribution in [0.25, 0.3) is 0 Å². The first-order chi connectivity index (χ1) is 16.8. The van der Waals surface area contributed by atoms with Crippen molar-refractivity contribution in [1.82, 2.24) is 15.1 Å². The van der Waals surface area contributed by atoms with Crippen LogP contribution in [0.5, 0.6) is 23.0 Å². The van der Waals surface area contributed by atoms with E-state index in [0.29, 0.717) is 28.8 Å². The summed E-state index contributed by atoms with van der Waals surface area (Å²) in [5.41, 5.74) is 2.65. The highest BCUT2D eigenvalue weighted by atomic mass is 16.5. The van der Waals surface area contributed by atoms with Crippen molar-refractivity contribution in [3.05, 3.63) is 58.8 Å². The van der Waals surface area contributed by atoms with Crippen molar-refractivity contribution in [2.24, 2.45) is 7.05 Å². The van der Waals surface area contributed by atoms with Gasteiger partial charge in [-0.15, -0.1) is 0 Å². The first-order valence-electron chi connectivity index (χ1n) is 10.9. The minimum absolute atomic E-state index is 0.255. The van der Waals surface area contributed by atoms with Crippen LogP contribution < -0.4 is 29.6 Å². The van der Waals surface area contributed by atoms with E-state index >= 15 is 0 Å². The average Bonchev–Trinajstić information content (AvgIpc) is 3.15. The molecule has 0 aliphatic carbocycles. The Morgan fingerprint density at radius 3 is 2.31 bits per heavy atom. The summed E-state index contributed by atoms with van der Waals surface area (Å²) in [5.74, 6) is 0.960. The second-order valence-corrected chi connectivity index (χ2v) is 8.08. The summed E-state index contributed by atoms with van der Waals surface area (Å²) < 4.78 is 23.1. The lowest BCUT2D eigenvalue weighted by Gasteiger charge is -2.32. The first kappa shape index (κ1) is 23.9. The van der Waals surface area contributed by atoms with Crippen molar-refractivity contribution in [2.45, 2.75) is 18.9 Å². The van der Waals surface area contributed by atoms with E-state index in [4.69, 9.17) is 18.9 Å². The lowest BCUT2D eigenvalue weighted by molar-refractivity contribution is -0.118. The smallest absolute Gasteiger partial charge is 0.252 e. The van der Waals surface area contributed by atoms with Crippen molar-refractivity contribution in [3.63, 3.8) is 0 Å². The number of fused-ring (bicyclic) bond motifs is 1. The molecule has 2 aromatic carbocycles. The fourth-order valence-corrected chi connectivity index (χ4v) is 4.49. The Kier molecular flexibility index (Phi) is 6.54. The molecule has 0 unspecified atom stereocenters. The maximum atomic E-state index is 13.4. The van der Waals surface area contributed by atoms with Gasteiger partial charge >= 0.3 is 0 Å². The van der Waals surface area contributed by atoms with Crippen LogP contribution in [-0.4, -0.2) is 56.1 Å². The average molecular weight is 481 g/mol. The van der Waals surface area contributed by atoms with Gasteiger partial charge in [-0.1, -0.05) is 12.1 Å². The maximum Gasteiger partial charge on any atom is 0.252 e. The largest absolute Gasteiger partial charge is 0.497 e. The van der Waals surface area contributed by atoms with E-state index in [9.17, 15) is 9.59 Å². The number of anilines is 1. The highest BCUT2D eigenvalue weighted by Gasteiger charge is 2.41. The Bertz CT molecular complexity index is 1260. The summed E-state index contributed by atoms with van der Waals surface area (Å²) in [6.07, 6.45) is 0. The molecule has 1 aliphatic heterocycles. The molecule has 1 aliphatic rings. The molecule has 3 aromatic rings. The summed E-state index contributed by atoms with van der Waals surface area (Å²) in [6.45, 7) is 1.88. The molecular weight excluding hydrogens is 452 g/mol. The predicted molar refractivity (Wildman–Crippen MR) is 129 cm³/mol. The Morgan fingerprint density at radius 2 is 1.71 bits per heavy atom. The zero-order chi connectivity index (χ0) is 25.3. The standard InChI is InChI=1S/C25H28N4O6/c1-13-19-20(14-8-7-9-16(10-14)32-3)21(25(31)27-23(19)29(2)28-13)26-24(30)15-11-17(33-4)22(35-6)18(12-15)34-5/h7-12,20-21H,1-6H3,(H,26,30)(H,27,31)/t20-,21+/m1/s1. The molecule has 2 atom stereocenters. The summed E-state index contributed by atoms with van der Waals surface area (Å²) in [5, 5.41) is 10.3. The van der Waals surface area contributed by atoms with Gasteiger partial charge in [0.2, 0.25) is 11.7 Å². The maximum absolute atomic E-state index is 13.4. The highest BCUT2D eigenvalue weighted by Crippen LogP contribution is 2.41. The molecule has 0 saturated heterocycles. The van der Waals surface area contributed by atoms with Gasteiger partial charge in [-0.2, -0.15) is 5.10 Å². The molecule has 0 bridgehead atoms. The fourth-order valence-electron chi connectivity index (χ4n) is 4.49. The molecule has 1 aromatic heterocycles. The Morgan fingerprint density at radius 1 is 1.03 bits per heavy atom. The zero-order valence-corrected chi connectivity index (χ0v) is 20.5. The first-order valence-corrected chi connectivity index (χ1v) is 10.9. The van der Waals surface area contributed by atoms with Crippen LogP contribution in [0.1, 0.15) is 33.1 Å². The van der Waals surface area contributed by atoms with Crippen LogP contribution in [0.15, 0.2) is 36.4 Å². The van der Waals surface area contributed by atoms with Crippen LogP contribution in [0.3, 0.4) is 0 Å². The minimum atomic E-state index is -0.913. The number of aryl methyl sites for hydroxylation is 2. The number of amides is 2. The molecule has 0 spiro atoms. The molecule has 0 radical (unpaired) electrons. The predicted octanol–water partition coefficient (Wildman–Crippen LogP) is 2.65. The van der Waals surface area contributed by atoms with Gasteiger partial charge in [0.1, 0.15) is 17.6 Å². The number of nitrogens with one attached hydrogen (secondary N) is 2. The monoisotopic (exact) mass is 480 g/mol. The van der Waals surface area contributed by atoms with Crippen LogP contribution in [-0.2, 0) is 11.8 Å². The number of methoxy groups -OCH3 is 4. The normalized spacial score (nSPS) is 16.7. The van der Waals surface area contributed by atoms with Gasteiger partial charge in [-0.25, -0.2) is 0 Å². The van der Waals surface area contributed by atoms with Crippen LogP contribution >= 0.6 is 0 Å². The van der Waals surface area contributed by atoms with Crippen molar-refractivity contribution >= 4 is 17.6 Å². The van der Waals surface area contributed by atoms with Crippen molar-refractivity contribution in [1.29, 1.82) is 0 Å². The van der Waals surface area contributed by atoms with Gasteiger partial charge in [-0.3, -0.25) is 14.3 Å². The number of hydrogen-bond acceptors (Lipinski definition) is 7. The van der Waals surface area contributed by atoms with Crippen LogP contribution in [0.4, 0.5) is 5.82 Å². The summed E-state index contributed by atoms with van der Waals surface area (Å²) in [4.78, 5) is 26.7. The summed E-state index contributed by atoms with van der Waals surface area (Å²) >= 11 is 0. The van der Waals surface area contributed by atoms with E-state index in [1.54, 1.807) is 31.0 Å². The third kappa shape index (κ3) is 4.23. The van der Waals surface area contributed by atoms with Gasteiger partial charge in [-0.05, 0) is 36.8 Å². The van der Waals surface area contributed by atoms with E-state index in [1.165, 1.54) is 21.3 Å². The quantitative estimate of drug-likeness (QED) is 0.535. The van der Waals surface area contributed by atoms with Crippen LogP contribution in [0.2, 0.25) is 0 Å². The number of hydrogen-bond donors (Lipinski definition) is 2. The molecule has 4 rings (SSSR count). The molecule has 184 valence electrons. The van der Waals surface area contributed by atoms with Gasteiger partial charge in [0.25, 0.3) is 5.91 Å². The van der Waals surface area contributed by atoms with Crippen molar-refractivity contribution in [2.75, 3.05) is 33.8 Å². The molecule has 10 heteroatoms. The molecule has 35 heavy (non-hydrogen) atoms. The summed E-state index contributed by atoms with van der Waals surface area (Å²) in [6, 6.07) is 9.61. The molecule has 0 saturated carbocycles. The molecular formula is C25H28N4O6. The Hall–Kier alpha value is -4.21. The molecule has 0 fully saturated rings. The van der Waals surface area contributed by atoms with Gasteiger partial charge in [0.05, 0.1) is 34.1 Å². The number of nitrogens with zero attached hydrogens (tertiary/aromatic N) is 2. The number of ether oxygens (including phenoxy) is 4. The molecule has 10 nitrogen and oxygen atoms in total. The highest BCUT2D eigenvalue weighted by molar-refractivity contribution is 6.04. The second kappa shape index (κ2) is 9.57. The third-order valence-electron chi connectivity index (χ3n) is 6.10. The molecule has 2 N–H and O–H groups in total. The number of benzene rings is 2. The van der Waals surface area contributed by atoms with Crippen LogP contribution in [0, 0.1) is 6.92 Å². The van der Waals surface area contributed by atoms with Crippen molar-refractivity contribution in [3.8, 4) is 23.0 Å². The van der Waals surface area contributed by atoms with E-state index in [0.717, 1.165) is 16.8 Å². The molecule has 2 heterocycles. The van der Waals surface area contributed by atoms with Gasteiger partial charge in [0, 0.05) is 24.1 Å². The number of rotatable bonds is 7. The topological polar surface area (TPSA) is 113 Å². The second-order valence-electron chi connectivity index (χ2n) is 8.08. The number of carbonyl (C=O) groups is 2. The van der Waals surface area contributed by atoms with Gasteiger partial charge < -0.3 is 29.6 Å². The molecule has 2 amide bonds. The van der Waals surface area contributed by atoms with E-state index in [-0.39, 0.29) is 11.5 Å². The van der Waals surface area contributed by atoms with E-state index < -0.39 is 17.9 Å². The fraction of sp³-hybridized carbons (Fsp3) is 0.320. The minimum Gasteiger partial charge on any atom is -0.497 e. The Labute approximate surface area is 203 Å².